The molecule has 7 nitrogen and oxygen atoms in total. The van der Waals surface area contributed by atoms with Crippen molar-refractivity contribution < 1.29 is 23.4 Å². The first-order valence-corrected chi connectivity index (χ1v) is 9.73. The van der Waals surface area contributed by atoms with Crippen molar-refractivity contribution in [2.45, 2.75) is 6.04 Å². The van der Waals surface area contributed by atoms with Gasteiger partial charge >= 0.3 is 0 Å². The number of para-hydroxylation sites is 1. The molecule has 0 saturated heterocycles. The van der Waals surface area contributed by atoms with Crippen molar-refractivity contribution in [3.8, 4) is 11.5 Å². The first kappa shape index (κ1) is 18.0. The molecule has 3 rings (SSSR count). The number of fused-ring (bicyclic) bond motifs is 1. The van der Waals surface area contributed by atoms with Crippen molar-refractivity contribution in [1.29, 1.82) is 0 Å². The molecule has 1 heterocycles. The largest absolute Gasteiger partial charge is 0.508 e. The average molecular weight is 374 g/mol. The van der Waals surface area contributed by atoms with E-state index in [-0.39, 0.29) is 23.6 Å². The van der Waals surface area contributed by atoms with Gasteiger partial charge in [-0.05, 0) is 23.8 Å². The smallest absolute Gasteiger partial charge is 0.262 e. The highest BCUT2D eigenvalue weighted by Gasteiger charge is 2.30. The highest BCUT2D eigenvalue weighted by molar-refractivity contribution is 7.88. The Morgan fingerprint density at radius 3 is 2.62 bits per heavy atom. The maximum atomic E-state index is 13.1. The minimum atomic E-state index is -3.43. The molecule has 0 radical (unpaired) electrons. The summed E-state index contributed by atoms with van der Waals surface area (Å²) >= 11 is 0. The molecule has 1 aliphatic heterocycles. The van der Waals surface area contributed by atoms with Crippen LogP contribution in [0.1, 0.15) is 15.9 Å². The van der Waals surface area contributed by atoms with E-state index in [4.69, 9.17) is 0 Å². The van der Waals surface area contributed by atoms with Gasteiger partial charge in [0.15, 0.2) is 0 Å². The quantitative estimate of drug-likeness (QED) is 0.755. The summed E-state index contributed by atoms with van der Waals surface area (Å²) in [5.41, 5.74) is 1.42. The molecule has 0 aliphatic carbocycles. The number of hydrogen-bond donors (Lipinski definition) is 3. The predicted molar refractivity (Wildman–Crippen MR) is 98.7 cm³/mol. The van der Waals surface area contributed by atoms with Gasteiger partial charge in [-0.3, -0.25) is 9.69 Å². The van der Waals surface area contributed by atoms with E-state index in [9.17, 15) is 23.4 Å². The Morgan fingerprint density at radius 1 is 1.19 bits per heavy atom. The van der Waals surface area contributed by atoms with Crippen LogP contribution in [0.25, 0.3) is 6.08 Å². The zero-order valence-electron chi connectivity index (χ0n) is 14.0. The van der Waals surface area contributed by atoms with Crippen molar-refractivity contribution in [1.82, 2.24) is 4.72 Å². The first-order chi connectivity index (χ1) is 12.3. The summed E-state index contributed by atoms with van der Waals surface area (Å²) in [4.78, 5) is 14.5. The zero-order chi connectivity index (χ0) is 18.9. The van der Waals surface area contributed by atoms with E-state index in [1.807, 2.05) is 18.2 Å². The topological polar surface area (TPSA) is 107 Å². The summed E-state index contributed by atoms with van der Waals surface area (Å²) in [5, 5.41) is 19.5. The van der Waals surface area contributed by atoms with Crippen molar-refractivity contribution >= 4 is 27.7 Å². The van der Waals surface area contributed by atoms with Gasteiger partial charge in [0.25, 0.3) is 5.91 Å². The number of amides is 1. The van der Waals surface area contributed by atoms with Gasteiger partial charge in [0, 0.05) is 12.6 Å². The number of carbonyl (C=O) groups is 1. The molecular formula is C18H18N2O5S. The maximum absolute atomic E-state index is 13.1. The molecule has 0 aromatic heterocycles. The maximum Gasteiger partial charge on any atom is 0.262 e. The van der Waals surface area contributed by atoms with Crippen LogP contribution in [0.3, 0.4) is 0 Å². The minimum Gasteiger partial charge on any atom is -0.508 e. The van der Waals surface area contributed by atoms with Gasteiger partial charge in [-0.1, -0.05) is 30.4 Å². The summed E-state index contributed by atoms with van der Waals surface area (Å²) in [6.45, 7) is -0.00570. The molecule has 1 aliphatic rings. The lowest BCUT2D eigenvalue weighted by atomic mass is 10.0. The SMILES string of the molecule is CS(=O)(=O)NCC1C=Cc2ccccc2N1C(=O)c1ccc(O)cc1O. The number of rotatable bonds is 4. The van der Waals surface area contributed by atoms with Gasteiger partial charge in [-0.15, -0.1) is 0 Å². The Labute approximate surface area is 151 Å². The molecule has 136 valence electrons. The third-order valence-corrected chi connectivity index (χ3v) is 4.70. The lowest BCUT2D eigenvalue weighted by Crippen LogP contribution is -2.47. The third-order valence-electron chi connectivity index (χ3n) is 4.01. The van der Waals surface area contributed by atoms with Crippen molar-refractivity contribution in [3.63, 3.8) is 0 Å². The Hall–Kier alpha value is -2.84. The molecule has 26 heavy (non-hydrogen) atoms. The van der Waals surface area contributed by atoms with Gasteiger partial charge in [0.05, 0.1) is 23.5 Å². The highest BCUT2D eigenvalue weighted by Crippen LogP contribution is 2.32. The van der Waals surface area contributed by atoms with Crippen LogP contribution in [-0.4, -0.2) is 43.4 Å². The molecule has 3 N–H and O–H groups in total. The van der Waals surface area contributed by atoms with Crippen LogP contribution in [0.15, 0.2) is 48.5 Å². The number of carbonyl (C=O) groups excluding carboxylic acids is 1. The number of benzene rings is 2. The summed E-state index contributed by atoms with van der Waals surface area (Å²) in [7, 11) is -3.43. The Morgan fingerprint density at radius 2 is 1.92 bits per heavy atom. The second-order valence-corrected chi connectivity index (χ2v) is 7.82. The number of nitrogens with one attached hydrogen (secondary N) is 1. The molecule has 0 fully saturated rings. The minimum absolute atomic E-state index is 0.00570. The second-order valence-electron chi connectivity index (χ2n) is 5.98. The van der Waals surface area contributed by atoms with E-state index >= 15 is 0 Å². The molecule has 0 spiro atoms. The zero-order valence-corrected chi connectivity index (χ0v) is 14.8. The molecule has 2 aromatic rings. The fraction of sp³-hybridized carbons (Fsp3) is 0.167. The van der Waals surface area contributed by atoms with Crippen LogP contribution >= 0.6 is 0 Å². The standard InChI is InChI=1S/C18H18N2O5S/c1-26(24,25)19-11-13-7-6-12-4-2-3-5-16(12)20(13)18(23)15-9-8-14(21)10-17(15)22/h2-10,13,19,21-22H,11H2,1H3. The van der Waals surface area contributed by atoms with Gasteiger partial charge in [-0.2, -0.15) is 0 Å². The van der Waals surface area contributed by atoms with E-state index < -0.39 is 22.0 Å². The second kappa shape index (κ2) is 6.81. The fourth-order valence-electron chi connectivity index (χ4n) is 2.81. The molecule has 1 unspecified atom stereocenters. The Kier molecular flexibility index (Phi) is 4.71. The number of anilines is 1. The predicted octanol–water partition coefficient (Wildman–Crippen LogP) is 1.69. The number of nitrogens with zero attached hydrogens (tertiary/aromatic N) is 1. The van der Waals surface area contributed by atoms with Crippen molar-refractivity contribution in [3.05, 3.63) is 59.7 Å². The summed E-state index contributed by atoms with van der Waals surface area (Å²) in [6.07, 6.45) is 4.60. The lowest BCUT2D eigenvalue weighted by Gasteiger charge is -2.34. The molecular weight excluding hydrogens is 356 g/mol. The van der Waals surface area contributed by atoms with Crippen molar-refractivity contribution in [2.24, 2.45) is 0 Å². The van der Waals surface area contributed by atoms with Gasteiger partial charge < -0.3 is 10.2 Å². The van der Waals surface area contributed by atoms with E-state index in [1.54, 1.807) is 18.2 Å². The molecule has 0 saturated carbocycles. The number of hydrogen-bond acceptors (Lipinski definition) is 5. The number of phenolic OH excluding ortho intramolecular Hbond substituents is 2. The summed E-state index contributed by atoms with van der Waals surface area (Å²) in [6, 6.07) is 10.3. The highest BCUT2D eigenvalue weighted by atomic mass is 32.2. The van der Waals surface area contributed by atoms with E-state index in [0.717, 1.165) is 17.9 Å². The third kappa shape index (κ3) is 3.71. The van der Waals surface area contributed by atoms with Crippen LogP contribution in [-0.2, 0) is 10.0 Å². The number of sulfonamides is 1. The molecule has 1 atom stereocenters. The monoisotopic (exact) mass is 374 g/mol. The van der Waals surface area contributed by atoms with Crippen molar-refractivity contribution in [2.75, 3.05) is 17.7 Å². The van der Waals surface area contributed by atoms with Crippen LogP contribution in [0.5, 0.6) is 11.5 Å². The first-order valence-electron chi connectivity index (χ1n) is 7.83. The Bertz CT molecular complexity index is 985. The van der Waals surface area contributed by atoms with Crippen LogP contribution in [0.4, 0.5) is 5.69 Å². The average Bonchev–Trinajstić information content (AvgIpc) is 2.58. The van der Waals surface area contributed by atoms with Gasteiger partial charge in [-0.25, -0.2) is 13.1 Å². The lowest BCUT2D eigenvalue weighted by molar-refractivity contribution is 0.0978. The fourth-order valence-corrected chi connectivity index (χ4v) is 3.29. The Balaban J connectivity index is 2.02. The van der Waals surface area contributed by atoms with Crippen LogP contribution < -0.4 is 9.62 Å². The van der Waals surface area contributed by atoms with E-state index in [0.29, 0.717) is 5.69 Å². The molecule has 8 heteroatoms. The summed E-state index contributed by atoms with van der Waals surface area (Å²) in [5.74, 6) is -1.01. The van der Waals surface area contributed by atoms with E-state index in [2.05, 4.69) is 4.72 Å². The van der Waals surface area contributed by atoms with Gasteiger partial charge in [0.2, 0.25) is 10.0 Å². The molecule has 0 bridgehead atoms. The molecule has 1 amide bonds. The summed E-state index contributed by atoms with van der Waals surface area (Å²) < 4.78 is 25.3. The number of phenols is 2. The molecule has 2 aromatic carbocycles. The number of aromatic hydroxyl groups is 2. The van der Waals surface area contributed by atoms with Crippen LogP contribution in [0, 0.1) is 0 Å². The van der Waals surface area contributed by atoms with E-state index in [1.165, 1.54) is 17.0 Å². The van der Waals surface area contributed by atoms with Crippen LogP contribution in [0.2, 0.25) is 0 Å². The van der Waals surface area contributed by atoms with Gasteiger partial charge in [0.1, 0.15) is 11.5 Å². The normalized spacial score (nSPS) is 16.3.